The molecule has 0 amide bonds. The molecule has 8 rings (SSSR count). The zero-order chi connectivity index (χ0) is 37.6. The molecule has 3 atom stereocenters. The molecule has 4 aliphatic carbocycles. The van der Waals surface area contributed by atoms with Gasteiger partial charge in [0.1, 0.15) is 0 Å². The zero-order valence-corrected chi connectivity index (χ0v) is 32.3. The number of rotatable bonds is 11. The number of aliphatic imine (C=N–C) groups is 1. The van der Waals surface area contributed by atoms with E-state index < -0.39 is 0 Å². The standard InChI is InChI=1S/C54H51N/c1-4-6-8-9-11-18-39-30-32-54(3)38-51-48(26-17-27-50(51)52(54)34-39)43-23-16-24-44(35-43)53(55-33-31-41(19-7-5-2)40-20-12-10-13-21-40)45-28-29-49-46(37-45)36-42-22-14-15-25-47(42)49/h4-14,16-17,19-24,26-31,33-35,37,42,47H,1,15,18,25,32,36,38H2,2-3H3/b7-5+,8-6-,11-9-,33-31-,41-19+,55-53+. The van der Waals surface area contributed by atoms with E-state index in [0.29, 0.717) is 11.8 Å². The molecule has 0 heterocycles. The van der Waals surface area contributed by atoms with E-state index in [1.807, 2.05) is 24.4 Å². The van der Waals surface area contributed by atoms with Gasteiger partial charge in [0.2, 0.25) is 0 Å². The second-order valence-electron chi connectivity index (χ2n) is 15.6. The topological polar surface area (TPSA) is 12.4 Å². The van der Waals surface area contributed by atoms with E-state index in [0.717, 1.165) is 42.5 Å². The summed E-state index contributed by atoms with van der Waals surface area (Å²) < 4.78 is 0. The number of fused-ring (bicyclic) bond motifs is 6. The molecule has 0 spiro atoms. The summed E-state index contributed by atoms with van der Waals surface area (Å²) in [5.41, 5.74) is 17.0. The van der Waals surface area contributed by atoms with E-state index in [2.05, 4.69) is 172 Å². The van der Waals surface area contributed by atoms with Gasteiger partial charge in [0.25, 0.3) is 0 Å². The van der Waals surface area contributed by atoms with E-state index >= 15 is 0 Å². The molecule has 1 heteroatoms. The molecular weight excluding hydrogens is 663 g/mol. The first-order chi connectivity index (χ1) is 27.0. The monoisotopic (exact) mass is 713 g/mol. The van der Waals surface area contributed by atoms with Crippen LogP contribution in [0.4, 0.5) is 0 Å². The van der Waals surface area contributed by atoms with Crippen LogP contribution in [-0.2, 0) is 12.8 Å². The maximum Gasteiger partial charge on any atom is 0.0774 e. The number of allylic oxidation sites excluding steroid dienone is 16. The van der Waals surface area contributed by atoms with Crippen molar-refractivity contribution in [2.45, 2.75) is 58.3 Å². The van der Waals surface area contributed by atoms with Gasteiger partial charge in [-0.1, -0.05) is 165 Å². The van der Waals surface area contributed by atoms with Crippen molar-refractivity contribution in [3.05, 3.63) is 227 Å². The molecule has 4 aromatic rings. The zero-order valence-electron chi connectivity index (χ0n) is 32.3. The molecule has 0 radical (unpaired) electrons. The van der Waals surface area contributed by atoms with Gasteiger partial charge in [0, 0.05) is 22.7 Å². The van der Waals surface area contributed by atoms with E-state index in [-0.39, 0.29) is 5.41 Å². The van der Waals surface area contributed by atoms with Crippen LogP contribution in [-0.4, -0.2) is 5.71 Å². The Balaban J connectivity index is 1.17. The molecule has 4 aliphatic rings. The minimum atomic E-state index is 0.108. The fourth-order valence-corrected chi connectivity index (χ4v) is 9.17. The van der Waals surface area contributed by atoms with Crippen LogP contribution in [0.3, 0.4) is 0 Å². The van der Waals surface area contributed by atoms with Crippen molar-refractivity contribution in [3.8, 4) is 11.1 Å². The average molecular weight is 714 g/mol. The average Bonchev–Trinajstić information content (AvgIpc) is 3.75. The van der Waals surface area contributed by atoms with Crippen molar-refractivity contribution < 1.29 is 0 Å². The maximum absolute atomic E-state index is 5.31. The van der Waals surface area contributed by atoms with Crippen LogP contribution in [0.25, 0.3) is 22.3 Å². The number of hydrogen-bond donors (Lipinski definition) is 0. The maximum atomic E-state index is 5.31. The Kier molecular flexibility index (Phi) is 10.7. The second kappa shape index (κ2) is 16.3. The van der Waals surface area contributed by atoms with Crippen LogP contribution in [0.2, 0.25) is 0 Å². The quantitative estimate of drug-likeness (QED) is 0.0834. The summed E-state index contributed by atoms with van der Waals surface area (Å²) in [7, 11) is 0. The SMILES string of the molecule is C=C/C=C\C=C/CC1=CCC2(C)Cc3c(cccc3-c3cccc(\C(=N/C=C\C(=C/C=C/C)c4ccccc4)c4ccc5c(c4)CC4C=CCCC54)c3)C2=C1. The van der Waals surface area contributed by atoms with E-state index in [1.54, 1.807) is 0 Å². The molecular formula is C54H51N. The van der Waals surface area contributed by atoms with Crippen molar-refractivity contribution >= 4 is 16.9 Å². The lowest BCUT2D eigenvalue weighted by molar-refractivity contribution is 0.464. The molecule has 272 valence electrons. The van der Waals surface area contributed by atoms with Gasteiger partial charge in [-0.2, -0.15) is 0 Å². The fourth-order valence-electron chi connectivity index (χ4n) is 9.17. The molecule has 0 saturated heterocycles. The second-order valence-corrected chi connectivity index (χ2v) is 15.6. The highest BCUT2D eigenvalue weighted by Crippen LogP contribution is 2.54. The number of nitrogens with zero attached hydrogens (tertiary/aromatic N) is 1. The molecule has 1 nitrogen and oxygen atoms in total. The first-order valence-electron chi connectivity index (χ1n) is 20.1. The Morgan fingerprint density at radius 1 is 0.873 bits per heavy atom. The van der Waals surface area contributed by atoms with Gasteiger partial charge in [-0.25, -0.2) is 0 Å². The van der Waals surface area contributed by atoms with E-state index in [4.69, 9.17) is 4.99 Å². The Bertz CT molecular complexity index is 2360. The van der Waals surface area contributed by atoms with Crippen molar-refractivity contribution in [2.75, 3.05) is 0 Å². The smallest absolute Gasteiger partial charge is 0.0774 e. The van der Waals surface area contributed by atoms with Gasteiger partial charge < -0.3 is 0 Å². The lowest BCUT2D eigenvalue weighted by atomic mass is 9.75. The van der Waals surface area contributed by atoms with Crippen molar-refractivity contribution in [2.24, 2.45) is 16.3 Å². The molecule has 55 heavy (non-hydrogen) atoms. The van der Waals surface area contributed by atoms with Crippen LogP contribution in [0.5, 0.6) is 0 Å². The molecule has 4 aromatic carbocycles. The Morgan fingerprint density at radius 3 is 2.58 bits per heavy atom. The van der Waals surface area contributed by atoms with E-state index in [1.165, 1.54) is 68.5 Å². The predicted molar refractivity (Wildman–Crippen MR) is 236 cm³/mol. The highest BCUT2D eigenvalue weighted by atomic mass is 14.7. The minimum Gasteiger partial charge on any atom is -0.256 e. The summed E-state index contributed by atoms with van der Waals surface area (Å²) in [5.74, 6) is 1.27. The Hall–Kier alpha value is -5.79. The van der Waals surface area contributed by atoms with Crippen LogP contribution in [0.1, 0.15) is 84.4 Å². The van der Waals surface area contributed by atoms with Crippen LogP contribution in [0, 0.1) is 11.3 Å². The normalized spacial score (nSPS) is 21.9. The van der Waals surface area contributed by atoms with Crippen LogP contribution < -0.4 is 0 Å². The van der Waals surface area contributed by atoms with Gasteiger partial charge >= 0.3 is 0 Å². The number of benzene rings is 4. The molecule has 0 fully saturated rings. The van der Waals surface area contributed by atoms with Crippen molar-refractivity contribution in [1.29, 1.82) is 0 Å². The lowest BCUT2D eigenvalue weighted by Crippen LogP contribution is -2.17. The Morgan fingerprint density at radius 2 is 1.71 bits per heavy atom. The number of hydrogen-bond acceptors (Lipinski definition) is 1. The molecule has 0 saturated carbocycles. The summed E-state index contributed by atoms with van der Waals surface area (Å²) in [6, 6.07) is 33.7. The summed E-state index contributed by atoms with van der Waals surface area (Å²) in [6.45, 7) is 8.27. The molecule has 0 aliphatic heterocycles. The third-order valence-electron chi connectivity index (χ3n) is 12.0. The molecule has 0 bridgehead atoms. The largest absolute Gasteiger partial charge is 0.256 e. The summed E-state index contributed by atoms with van der Waals surface area (Å²) >= 11 is 0. The molecule has 0 aromatic heterocycles. The third kappa shape index (κ3) is 7.62. The van der Waals surface area contributed by atoms with Gasteiger partial charge in [-0.05, 0) is 131 Å². The van der Waals surface area contributed by atoms with Crippen LogP contribution >= 0.6 is 0 Å². The highest BCUT2D eigenvalue weighted by molar-refractivity contribution is 6.14. The minimum absolute atomic E-state index is 0.108. The Labute approximate surface area is 328 Å². The third-order valence-corrected chi connectivity index (χ3v) is 12.0. The van der Waals surface area contributed by atoms with Gasteiger partial charge in [0.05, 0.1) is 5.71 Å². The van der Waals surface area contributed by atoms with Crippen LogP contribution in [0.15, 0.2) is 193 Å². The van der Waals surface area contributed by atoms with Gasteiger partial charge in [-0.15, -0.1) is 0 Å². The fraction of sp³-hybridized carbons (Fsp3) is 0.204. The van der Waals surface area contributed by atoms with Gasteiger partial charge in [-0.3, -0.25) is 4.99 Å². The summed E-state index contributed by atoms with van der Waals surface area (Å²) in [4.78, 5) is 5.31. The summed E-state index contributed by atoms with van der Waals surface area (Å²) in [5, 5.41) is 0. The first kappa shape index (κ1) is 36.2. The molecule has 0 N–H and O–H groups in total. The summed E-state index contributed by atoms with van der Waals surface area (Å²) in [6.07, 6.45) is 37.0. The first-order valence-corrected chi connectivity index (χ1v) is 20.1. The molecule has 3 unspecified atom stereocenters. The highest BCUT2D eigenvalue weighted by Gasteiger charge is 2.40. The predicted octanol–water partition coefficient (Wildman–Crippen LogP) is 13.9. The lowest BCUT2D eigenvalue weighted by Gasteiger charge is -2.29. The van der Waals surface area contributed by atoms with E-state index in [9.17, 15) is 0 Å². The van der Waals surface area contributed by atoms with Gasteiger partial charge in [0.15, 0.2) is 0 Å². The van der Waals surface area contributed by atoms with Crippen molar-refractivity contribution in [1.82, 2.24) is 0 Å². The van der Waals surface area contributed by atoms with Crippen molar-refractivity contribution in [3.63, 3.8) is 0 Å².